The van der Waals surface area contributed by atoms with E-state index in [0.29, 0.717) is 6.42 Å². The summed E-state index contributed by atoms with van der Waals surface area (Å²) < 4.78 is 10.1. The van der Waals surface area contributed by atoms with Crippen molar-refractivity contribution in [2.45, 2.75) is 58.2 Å². The molecule has 1 saturated carbocycles. The number of amides is 1. The Hall–Kier alpha value is -1.26. The average Bonchev–Trinajstić information content (AvgIpc) is 2.77. The largest absolute Gasteiger partial charge is 0.467 e. The third-order valence-corrected chi connectivity index (χ3v) is 3.71. The first-order chi connectivity index (χ1) is 8.18. The molecule has 0 radical (unpaired) electrons. The van der Waals surface area contributed by atoms with Crippen molar-refractivity contribution < 1.29 is 19.1 Å². The van der Waals surface area contributed by atoms with Gasteiger partial charge in [-0.15, -0.1) is 0 Å². The molecule has 0 bridgehead atoms. The van der Waals surface area contributed by atoms with Gasteiger partial charge in [0.1, 0.15) is 11.6 Å². The van der Waals surface area contributed by atoms with Crippen molar-refractivity contribution >= 4 is 12.1 Å². The fourth-order valence-electron chi connectivity index (χ4n) is 2.70. The smallest absolute Gasteiger partial charge is 0.411 e. The highest BCUT2D eigenvalue weighted by Crippen LogP contribution is 2.59. The minimum absolute atomic E-state index is 0.0652. The Morgan fingerprint density at radius 3 is 2.39 bits per heavy atom. The molecular formula is C13H21NO4. The van der Waals surface area contributed by atoms with E-state index in [0.717, 1.165) is 6.42 Å². The van der Waals surface area contributed by atoms with Gasteiger partial charge < -0.3 is 9.47 Å². The molecule has 5 nitrogen and oxygen atoms in total. The van der Waals surface area contributed by atoms with E-state index in [4.69, 9.17) is 9.47 Å². The molecule has 1 heterocycles. The number of nitrogens with zero attached hydrogens (tertiary/aromatic N) is 1. The lowest BCUT2D eigenvalue weighted by Crippen LogP contribution is -2.46. The van der Waals surface area contributed by atoms with Crippen LogP contribution in [0.15, 0.2) is 0 Å². The number of hydrogen-bond acceptors (Lipinski definition) is 4. The zero-order valence-electron chi connectivity index (χ0n) is 11.6. The third kappa shape index (κ3) is 2.18. The van der Waals surface area contributed by atoms with Gasteiger partial charge in [0.25, 0.3) is 0 Å². The highest BCUT2D eigenvalue weighted by Gasteiger charge is 2.65. The zero-order chi connectivity index (χ0) is 13.7. The summed E-state index contributed by atoms with van der Waals surface area (Å²) in [6.07, 6.45) is 1.20. The standard InChI is InChI=1S/C13H21NO4/c1-12(2,3)18-11(16)14-8(10(15)17-5)6-13(4)7-9(13)14/h8-9H,6-7H2,1-5H3/t8?,9-,13+/m1/s1. The summed E-state index contributed by atoms with van der Waals surface area (Å²) in [5, 5.41) is 0. The van der Waals surface area contributed by atoms with Crippen LogP contribution in [0.4, 0.5) is 4.79 Å². The van der Waals surface area contributed by atoms with Crippen molar-refractivity contribution in [3.8, 4) is 0 Å². The number of ether oxygens (including phenoxy) is 2. The molecule has 1 saturated heterocycles. The molecule has 0 spiro atoms. The maximum absolute atomic E-state index is 12.2. The van der Waals surface area contributed by atoms with E-state index in [1.54, 1.807) is 4.90 Å². The molecule has 2 rings (SSSR count). The van der Waals surface area contributed by atoms with E-state index in [2.05, 4.69) is 6.92 Å². The molecule has 5 heteroatoms. The van der Waals surface area contributed by atoms with E-state index in [9.17, 15) is 9.59 Å². The van der Waals surface area contributed by atoms with Crippen molar-refractivity contribution in [1.29, 1.82) is 0 Å². The number of methoxy groups -OCH3 is 1. The van der Waals surface area contributed by atoms with Gasteiger partial charge in [-0.2, -0.15) is 0 Å². The van der Waals surface area contributed by atoms with Gasteiger partial charge in [-0.25, -0.2) is 9.59 Å². The lowest BCUT2D eigenvalue weighted by Gasteiger charge is -2.29. The van der Waals surface area contributed by atoms with E-state index >= 15 is 0 Å². The number of piperidine rings is 1. The lowest BCUT2D eigenvalue weighted by molar-refractivity contribution is -0.146. The second kappa shape index (κ2) is 3.87. The van der Waals surface area contributed by atoms with Gasteiger partial charge in [-0.1, -0.05) is 6.92 Å². The number of carbonyl (C=O) groups excluding carboxylic acids is 2. The fraction of sp³-hybridized carbons (Fsp3) is 0.846. The van der Waals surface area contributed by atoms with Gasteiger partial charge in [0.2, 0.25) is 0 Å². The Morgan fingerprint density at radius 2 is 1.89 bits per heavy atom. The van der Waals surface area contributed by atoms with Gasteiger partial charge in [0, 0.05) is 6.04 Å². The Morgan fingerprint density at radius 1 is 1.28 bits per heavy atom. The second-order valence-corrected chi connectivity index (χ2v) is 6.50. The van der Waals surface area contributed by atoms with Crippen LogP contribution in [-0.2, 0) is 14.3 Å². The first kappa shape index (κ1) is 13.2. The van der Waals surface area contributed by atoms with Crippen LogP contribution in [-0.4, -0.2) is 41.8 Å². The van der Waals surface area contributed by atoms with Crippen LogP contribution in [0.3, 0.4) is 0 Å². The maximum Gasteiger partial charge on any atom is 0.411 e. The van der Waals surface area contributed by atoms with Gasteiger partial charge in [0.15, 0.2) is 0 Å². The van der Waals surface area contributed by atoms with Crippen LogP contribution in [0.25, 0.3) is 0 Å². The van der Waals surface area contributed by atoms with Crippen LogP contribution in [0.1, 0.15) is 40.5 Å². The van der Waals surface area contributed by atoms with E-state index in [-0.39, 0.29) is 17.4 Å². The topological polar surface area (TPSA) is 55.8 Å². The highest BCUT2D eigenvalue weighted by molar-refractivity contribution is 5.83. The average molecular weight is 255 g/mol. The first-order valence-electron chi connectivity index (χ1n) is 6.27. The molecule has 102 valence electrons. The van der Waals surface area contributed by atoms with Gasteiger partial charge in [-0.3, -0.25) is 4.90 Å². The van der Waals surface area contributed by atoms with E-state index in [1.807, 2.05) is 20.8 Å². The van der Waals surface area contributed by atoms with Crippen molar-refractivity contribution in [3.05, 3.63) is 0 Å². The monoisotopic (exact) mass is 255 g/mol. The SMILES string of the molecule is COC(=O)C1C[C@@]2(C)C[C@H]2N1C(=O)OC(C)(C)C. The summed E-state index contributed by atoms with van der Waals surface area (Å²) >= 11 is 0. The molecule has 3 atom stereocenters. The van der Waals surface area contributed by atoms with Crippen LogP contribution in [0, 0.1) is 5.41 Å². The van der Waals surface area contributed by atoms with Crippen LogP contribution in [0.2, 0.25) is 0 Å². The number of rotatable bonds is 1. The molecule has 0 N–H and O–H groups in total. The molecule has 0 aromatic carbocycles. The number of likely N-dealkylation sites (tertiary alicyclic amines) is 1. The van der Waals surface area contributed by atoms with Crippen molar-refractivity contribution in [1.82, 2.24) is 4.90 Å². The molecule has 0 aromatic rings. The van der Waals surface area contributed by atoms with Gasteiger partial charge in [-0.05, 0) is 39.0 Å². The summed E-state index contributed by atoms with van der Waals surface area (Å²) in [4.78, 5) is 25.5. The van der Waals surface area contributed by atoms with Gasteiger partial charge in [0.05, 0.1) is 7.11 Å². The van der Waals surface area contributed by atoms with Crippen LogP contribution < -0.4 is 0 Å². The Labute approximate surface area is 107 Å². The minimum Gasteiger partial charge on any atom is -0.467 e. The van der Waals surface area contributed by atoms with Crippen LogP contribution in [0.5, 0.6) is 0 Å². The van der Waals surface area contributed by atoms with Crippen molar-refractivity contribution in [2.75, 3.05) is 7.11 Å². The normalized spacial score (nSPS) is 33.9. The quantitative estimate of drug-likeness (QED) is 0.672. The molecule has 1 aliphatic carbocycles. The summed E-state index contributed by atoms with van der Waals surface area (Å²) in [7, 11) is 1.35. The molecule has 2 fully saturated rings. The molecule has 18 heavy (non-hydrogen) atoms. The second-order valence-electron chi connectivity index (χ2n) is 6.50. The first-order valence-corrected chi connectivity index (χ1v) is 6.27. The zero-order valence-corrected chi connectivity index (χ0v) is 11.6. The molecule has 0 aromatic heterocycles. The van der Waals surface area contributed by atoms with Crippen LogP contribution >= 0.6 is 0 Å². The molecule has 2 aliphatic rings. The summed E-state index contributed by atoms with van der Waals surface area (Å²) in [6, 6.07) is -0.370. The van der Waals surface area contributed by atoms with Gasteiger partial charge >= 0.3 is 12.1 Å². The maximum atomic E-state index is 12.2. The molecule has 1 unspecified atom stereocenters. The predicted molar refractivity (Wildman–Crippen MR) is 65.0 cm³/mol. The van der Waals surface area contributed by atoms with Crippen molar-refractivity contribution in [2.24, 2.45) is 5.41 Å². The Kier molecular flexibility index (Phi) is 2.83. The highest BCUT2D eigenvalue weighted by atomic mass is 16.6. The number of carbonyl (C=O) groups is 2. The number of hydrogen-bond donors (Lipinski definition) is 0. The summed E-state index contributed by atoms with van der Waals surface area (Å²) in [5.74, 6) is -0.353. The fourth-order valence-corrected chi connectivity index (χ4v) is 2.70. The third-order valence-electron chi connectivity index (χ3n) is 3.71. The van der Waals surface area contributed by atoms with E-state index in [1.165, 1.54) is 7.11 Å². The summed E-state index contributed by atoms with van der Waals surface area (Å²) in [6.45, 7) is 7.55. The molecular weight excluding hydrogens is 234 g/mol. The lowest BCUT2D eigenvalue weighted by atomic mass is 10.0. The Bertz CT molecular complexity index is 387. The summed E-state index contributed by atoms with van der Waals surface area (Å²) in [5.41, 5.74) is -0.485. The number of fused-ring (bicyclic) bond motifs is 1. The predicted octanol–water partition coefficient (Wildman–Crippen LogP) is 1.95. The van der Waals surface area contributed by atoms with Crippen molar-refractivity contribution in [3.63, 3.8) is 0 Å². The number of esters is 1. The van der Waals surface area contributed by atoms with E-state index < -0.39 is 17.7 Å². The Balaban J connectivity index is 2.14. The molecule has 1 aliphatic heterocycles. The molecule has 1 amide bonds. The minimum atomic E-state index is -0.550.